The Kier molecular flexibility index (Phi) is 4.65. The Hall–Kier alpha value is -3.12. The van der Waals surface area contributed by atoms with Gasteiger partial charge in [0.1, 0.15) is 6.07 Å². The highest BCUT2D eigenvalue weighted by Gasteiger charge is 2.27. The molecule has 1 aliphatic rings. The second-order valence-electron chi connectivity index (χ2n) is 7.79. The summed E-state index contributed by atoms with van der Waals surface area (Å²) in [6.45, 7) is 9.78. The lowest BCUT2D eigenvalue weighted by atomic mass is 9.97. The molecule has 1 aliphatic heterocycles. The number of anilines is 1. The van der Waals surface area contributed by atoms with E-state index in [1.165, 1.54) is 0 Å². The third-order valence-electron chi connectivity index (χ3n) is 4.58. The molecule has 0 atom stereocenters. The smallest absolute Gasteiger partial charge is 0.266 e. The Bertz CT molecular complexity index is 968. The first-order chi connectivity index (χ1) is 13.4. The summed E-state index contributed by atoms with van der Waals surface area (Å²) in [6.07, 6.45) is 1.55. The summed E-state index contributed by atoms with van der Waals surface area (Å²) in [6, 6.07) is 5.62. The third-order valence-corrected chi connectivity index (χ3v) is 4.58. The second-order valence-corrected chi connectivity index (χ2v) is 7.79. The Labute approximate surface area is 162 Å². The van der Waals surface area contributed by atoms with Crippen LogP contribution >= 0.6 is 0 Å². The van der Waals surface area contributed by atoms with Gasteiger partial charge in [0.25, 0.3) is 5.89 Å². The molecule has 0 spiro atoms. The summed E-state index contributed by atoms with van der Waals surface area (Å²) < 4.78 is 16.5. The molecule has 0 bridgehead atoms. The molecule has 28 heavy (non-hydrogen) atoms. The molecule has 0 aliphatic carbocycles. The van der Waals surface area contributed by atoms with Crippen LogP contribution in [0, 0.1) is 11.3 Å². The van der Waals surface area contributed by atoms with Gasteiger partial charge >= 0.3 is 0 Å². The Balaban J connectivity index is 1.41. The summed E-state index contributed by atoms with van der Waals surface area (Å²) >= 11 is 0. The molecular weight excluding hydrogens is 360 g/mol. The number of hydrogen-bond acceptors (Lipinski definition) is 9. The number of piperazine rings is 1. The van der Waals surface area contributed by atoms with Crippen molar-refractivity contribution in [2.75, 3.05) is 31.1 Å². The molecule has 4 heterocycles. The minimum Gasteiger partial charge on any atom is -0.459 e. The molecule has 1 saturated heterocycles. The van der Waals surface area contributed by atoms with Gasteiger partial charge in [0.15, 0.2) is 11.6 Å². The highest BCUT2D eigenvalue weighted by Crippen LogP contribution is 2.29. The number of hydrogen-bond donors (Lipinski definition) is 0. The molecule has 1 fully saturated rings. The van der Waals surface area contributed by atoms with Crippen LogP contribution in [0.3, 0.4) is 0 Å². The maximum Gasteiger partial charge on any atom is 0.266 e. The van der Waals surface area contributed by atoms with Crippen molar-refractivity contribution in [2.24, 2.45) is 0 Å². The van der Waals surface area contributed by atoms with E-state index in [1.54, 1.807) is 18.4 Å². The zero-order valence-electron chi connectivity index (χ0n) is 16.2. The Morgan fingerprint density at radius 1 is 1.18 bits per heavy atom. The summed E-state index contributed by atoms with van der Waals surface area (Å²) in [7, 11) is 0. The van der Waals surface area contributed by atoms with Gasteiger partial charge in [0.05, 0.1) is 12.8 Å². The van der Waals surface area contributed by atoms with Crippen LogP contribution in [0.1, 0.15) is 38.2 Å². The first-order valence-corrected chi connectivity index (χ1v) is 9.19. The van der Waals surface area contributed by atoms with Gasteiger partial charge in [-0.05, 0) is 12.1 Å². The zero-order chi connectivity index (χ0) is 19.7. The van der Waals surface area contributed by atoms with Gasteiger partial charge in [-0.3, -0.25) is 4.90 Å². The fraction of sp³-hybridized carbons (Fsp3) is 0.474. The predicted molar refractivity (Wildman–Crippen MR) is 99.4 cm³/mol. The zero-order valence-corrected chi connectivity index (χ0v) is 16.2. The normalized spacial score (nSPS) is 15.7. The minimum atomic E-state index is -0.157. The van der Waals surface area contributed by atoms with Crippen molar-refractivity contribution in [1.82, 2.24) is 20.0 Å². The highest BCUT2D eigenvalue weighted by molar-refractivity contribution is 5.55. The van der Waals surface area contributed by atoms with Crippen molar-refractivity contribution in [3.8, 4) is 17.7 Å². The van der Waals surface area contributed by atoms with Crippen molar-refractivity contribution in [3.05, 3.63) is 35.8 Å². The first kappa shape index (κ1) is 18.3. The SMILES string of the molecule is CC(C)(C)c1nc(CN2CCN(c3oc(-c4ccco4)nc3C#N)CC2)no1. The van der Waals surface area contributed by atoms with Crippen LogP contribution in [0.15, 0.2) is 31.8 Å². The molecule has 0 unspecified atom stereocenters. The maximum atomic E-state index is 9.41. The lowest BCUT2D eigenvalue weighted by molar-refractivity contribution is 0.236. The quantitative estimate of drug-likeness (QED) is 0.673. The number of nitriles is 1. The topological polar surface area (TPSA) is 108 Å². The Morgan fingerprint density at radius 3 is 2.57 bits per heavy atom. The molecule has 0 amide bonds. The van der Waals surface area contributed by atoms with E-state index in [4.69, 9.17) is 13.4 Å². The number of oxazole rings is 1. The van der Waals surface area contributed by atoms with Gasteiger partial charge in [-0.1, -0.05) is 25.9 Å². The average molecular weight is 382 g/mol. The summed E-state index contributed by atoms with van der Waals surface area (Å²) in [4.78, 5) is 13.0. The highest BCUT2D eigenvalue weighted by atomic mass is 16.5. The van der Waals surface area contributed by atoms with Crippen molar-refractivity contribution in [3.63, 3.8) is 0 Å². The molecule has 0 aromatic carbocycles. The van der Waals surface area contributed by atoms with E-state index >= 15 is 0 Å². The van der Waals surface area contributed by atoms with E-state index < -0.39 is 0 Å². The van der Waals surface area contributed by atoms with Crippen molar-refractivity contribution < 1.29 is 13.4 Å². The summed E-state index contributed by atoms with van der Waals surface area (Å²) in [5.74, 6) is 2.65. The monoisotopic (exact) mass is 382 g/mol. The van der Waals surface area contributed by atoms with E-state index in [2.05, 4.69) is 26.1 Å². The van der Waals surface area contributed by atoms with Gasteiger partial charge in [0.2, 0.25) is 17.5 Å². The molecule has 3 aromatic heterocycles. The molecule has 0 saturated carbocycles. The first-order valence-electron chi connectivity index (χ1n) is 9.19. The molecular formula is C19H22N6O3. The minimum absolute atomic E-state index is 0.157. The maximum absolute atomic E-state index is 9.41. The fourth-order valence-electron chi connectivity index (χ4n) is 3.04. The van der Waals surface area contributed by atoms with Crippen LogP contribution in [0.2, 0.25) is 0 Å². The molecule has 9 heteroatoms. The van der Waals surface area contributed by atoms with Gasteiger partial charge in [0, 0.05) is 31.6 Å². The average Bonchev–Trinajstić information content (AvgIpc) is 3.41. The fourth-order valence-corrected chi connectivity index (χ4v) is 3.04. The van der Waals surface area contributed by atoms with Gasteiger partial charge in [-0.15, -0.1) is 0 Å². The number of nitrogens with zero attached hydrogens (tertiary/aromatic N) is 6. The second kappa shape index (κ2) is 7.13. The molecule has 3 aromatic rings. The van der Waals surface area contributed by atoms with Crippen LogP contribution in [-0.4, -0.2) is 46.2 Å². The van der Waals surface area contributed by atoms with Gasteiger partial charge in [-0.2, -0.15) is 15.2 Å². The number of rotatable bonds is 4. The van der Waals surface area contributed by atoms with Crippen LogP contribution in [0.4, 0.5) is 5.88 Å². The van der Waals surface area contributed by atoms with Crippen LogP contribution in [-0.2, 0) is 12.0 Å². The lowest BCUT2D eigenvalue weighted by Crippen LogP contribution is -2.46. The molecule has 146 valence electrons. The van der Waals surface area contributed by atoms with Crippen LogP contribution in [0.25, 0.3) is 11.7 Å². The molecule has 0 N–H and O–H groups in total. The van der Waals surface area contributed by atoms with Crippen LogP contribution < -0.4 is 4.90 Å². The van der Waals surface area contributed by atoms with E-state index in [9.17, 15) is 5.26 Å². The number of aromatic nitrogens is 3. The Morgan fingerprint density at radius 2 is 1.96 bits per heavy atom. The lowest BCUT2D eigenvalue weighted by Gasteiger charge is -2.33. The van der Waals surface area contributed by atoms with E-state index in [-0.39, 0.29) is 11.1 Å². The summed E-state index contributed by atoms with van der Waals surface area (Å²) in [5.41, 5.74) is 0.114. The number of furan rings is 1. The van der Waals surface area contributed by atoms with E-state index in [0.29, 0.717) is 48.9 Å². The molecule has 4 rings (SSSR count). The summed E-state index contributed by atoms with van der Waals surface area (Å²) in [5, 5.41) is 13.5. The predicted octanol–water partition coefficient (Wildman–Crippen LogP) is 2.81. The van der Waals surface area contributed by atoms with E-state index in [1.807, 2.05) is 25.7 Å². The molecule has 9 nitrogen and oxygen atoms in total. The van der Waals surface area contributed by atoms with E-state index in [0.717, 1.165) is 13.1 Å². The standard InChI is InChI=1S/C19H22N6O3/c1-19(2,3)18-22-15(23-28-18)12-24-6-8-25(9-7-24)17-13(11-20)21-16(27-17)14-5-4-10-26-14/h4-5,10H,6-9,12H2,1-3H3. The van der Waals surface area contributed by atoms with Gasteiger partial charge in [-0.25, -0.2) is 0 Å². The van der Waals surface area contributed by atoms with Crippen molar-refractivity contribution in [1.29, 1.82) is 5.26 Å². The largest absolute Gasteiger partial charge is 0.459 e. The van der Waals surface area contributed by atoms with Crippen molar-refractivity contribution >= 4 is 5.88 Å². The van der Waals surface area contributed by atoms with Gasteiger partial charge < -0.3 is 18.3 Å². The molecule has 0 radical (unpaired) electrons. The third kappa shape index (κ3) is 3.64. The van der Waals surface area contributed by atoms with Crippen molar-refractivity contribution in [2.45, 2.75) is 32.7 Å². The van der Waals surface area contributed by atoms with Crippen LogP contribution in [0.5, 0.6) is 0 Å².